The molecular formula is C42H39BBr4F5N5O10. The molecule has 4 aliphatic heterocycles. The molecular weight excluding hydrogens is 1160 g/mol. The van der Waals surface area contributed by atoms with Gasteiger partial charge < -0.3 is 55.4 Å². The van der Waals surface area contributed by atoms with E-state index in [0.29, 0.717) is 57.0 Å². The van der Waals surface area contributed by atoms with Crippen LogP contribution in [-0.2, 0) is 14.1 Å². The zero-order valence-electron chi connectivity index (χ0n) is 35.5. The fourth-order valence-electron chi connectivity index (χ4n) is 5.92. The molecule has 15 nitrogen and oxygen atoms in total. The normalized spacial score (nSPS) is 15.5. The van der Waals surface area contributed by atoms with E-state index in [9.17, 15) is 36.9 Å². The van der Waals surface area contributed by atoms with Gasteiger partial charge in [0.05, 0.1) is 38.9 Å². The molecule has 0 bridgehead atoms. The molecule has 0 spiro atoms. The maximum absolute atomic E-state index is 14.1. The van der Waals surface area contributed by atoms with Gasteiger partial charge in [0.25, 0.3) is 5.91 Å². The Kier molecular flexibility index (Phi) is 17.6. The fraction of sp³-hybridized carbons (Fsp3) is 0.262. The number of anilines is 4. The van der Waals surface area contributed by atoms with E-state index in [0.717, 1.165) is 29.2 Å². The minimum atomic E-state index is -1.02. The van der Waals surface area contributed by atoms with Crippen LogP contribution >= 0.6 is 63.7 Å². The molecule has 4 heterocycles. The number of nitrogens with zero attached hydrogens (tertiary/aromatic N) is 1. The second-order valence-corrected chi connectivity index (χ2v) is 18.9. The Balaban J connectivity index is 0.000000161. The van der Waals surface area contributed by atoms with E-state index in [2.05, 4.69) is 79.7 Å². The van der Waals surface area contributed by atoms with Crippen molar-refractivity contribution in [2.24, 2.45) is 0 Å². The van der Waals surface area contributed by atoms with Gasteiger partial charge in [-0.15, -0.1) is 0 Å². The molecule has 0 unspecified atom stereocenters. The Bertz CT molecular complexity index is 2640. The van der Waals surface area contributed by atoms with Crippen LogP contribution in [0.5, 0.6) is 28.7 Å². The number of carbonyl (C=O) groups is 1. The fourth-order valence-corrected chi connectivity index (χ4v) is 7.65. The number of hydrogen-bond donors (Lipinski definition) is 6. The van der Waals surface area contributed by atoms with Crippen molar-refractivity contribution in [3.05, 3.63) is 118 Å². The molecule has 5 aromatic carbocycles. The number of nitro groups is 1. The first-order valence-electron chi connectivity index (χ1n) is 19.5. The highest BCUT2D eigenvalue weighted by atomic mass is 79.9. The number of hydrogen-bond acceptors (Lipinski definition) is 13. The zero-order chi connectivity index (χ0) is 49.5. The molecule has 0 radical (unpaired) electrons. The van der Waals surface area contributed by atoms with Crippen LogP contribution in [0.4, 0.5) is 50.4 Å². The number of fused-ring (bicyclic) bond motifs is 3. The van der Waals surface area contributed by atoms with Crippen molar-refractivity contribution in [2.45, 2.75) is 38.9 Å². The molecule has 0 saturated carbocycles. The number of phenols is 2. The van der Waals surface area contributed by atoms with Crippen molar-refractivity contribution in [3.8, 4) is 28.7 Å². The van der Waals surface area contributed by atoms with Crippen LogP contribution in [0.2, 0.25) is 0 Å². The number of benzene rings is 5. The van der Waals surface area contributed by atoms with Gasteiger partial charge in [0.15, 0.2) is 58.7 Å². The Hall–Kier alpha value is -5.08. The summed E-state index contributed by atoms with van der Waals surface area (Å²) in [5, 5.41) is 36.5. The van der Waals surface area contributed by atoms with E-state index in [1.807, 2.05) is 33.8 Å². The predicted molar refractivity (Wildman–Crippen MR) is 255 cm³/mol. The van der Waals surface area contributed by atoms with Gasteiger partial charge in [-0.3, -0.25) is 14.9 Å². The highest BCUT2D eigenvalue weighted by Crippen LogP contribution is 2.39. The number of nitrogens with two attached hydrogens (primary N) is 1. The molecule has 1 saturated heterocycles. The lowest BCUT2D eigenvalue weighted by Crippen LogP contribution is -2.41. The molecule has 25 heteroatoms. The average Bonchev–Trinajstić information content (AvgIpc) is 3.47. The number of nitrogens with one attached hydrogen (secondary N) is 3. The van der Waals surface area contributed by atoms with E-state index >= 15 is 0 Å². The second kappa shape index (κ2) is 22.4. The summed E-state index contributed by atoms with van der Waals surface area (Å²) in [6.45, 7) is 10.2. The van der Waals surface area contributed by atoms with E-state index in [1.54, 1.807) is 12.1 Å². The molecule has 5 aromatic rings. The van der Waals surface area contributed by atoms with Crippen molar-refractivity contribution < 1.29 is 65.4 Å². The largest absolute Gasteiger partial charge is 0.503 e. The summed E-state index contributed by atoms with van der Waals surface area (Å²) in [7, 11) is -0.566. The molecule has 0 aromatic heterocycles. The Labute approximate surface area is 413 Å². The molecule has 1 amide bonds. The second-order valence-electron chi connectivity index (χ2n) is 15.2. The van der Waals surface area contributed by atoms with Gasteiger partial charge in [-0.05, 0) is 87.8 Å². The van der Waals surface area contributed by atoms with Crippen molar-refractivity contribution in [2.75, 3.05) is 54.6 Å². The summed E-state index contributed by atoms with van der Waals surface area (Å²) in [5.74, 6) is -3.95. The summed E-state index contributed by atoms with van der Waals surface area (Å²) in [6, 6.07) is 13.9. The number of rotatable bonds is 2. The lowest BCUT2D eigenvalue weighted by molar-refractivity contribution is -0.386. The molecule has 358 valence electrons. The number of halogens is 9. The number of carbonyl (C=O) groups excluding carboxylic acids is 1. The van der Waals surface area contributed by atoms with Crippen LogP contribution in [-0.4, -0.2) is 72.3 Å². The highest BCUT2D eigenvalue weighted by molar-refractivity contribution is 9.11. The maximum Gasteiger partial charge on any atom is 0.495 e. The van der Waals surface area contributed by atoms with Crippen LogP contribution in [0.25, 0.3) is 0 Å². The number of ether oxygens (including phenoxy) is 3. The summed E-state index contributed by atoms with van der Waals surface area (Å²) in [6.07, 6.45) is 0. The molecule has 1 fully saturated rings. The third-order valence-electron chi connectivity index (χ3n) is 9.82. The lowest BCUT2D eigenvalue weighted by Gasteiger charge is -2.32. The van der Waals surface area contributed by atoms with Gasteiger partial charge in [0.2, 0.25) is 5.75 Å². The predicted octanol–water partition coefficient (Wildman–Crippen LogP) is 10.3. The van der Waals surface area contributed by atoms with Crippen LogP contribution in [0.3, 0.4) is 0 Å². The lowest BCUT2D eigenvalue weighted by atomic mass is 9.78. The van der Waals surface area contributed by atoms with E-state index in [4.69, 9.17) is 39.5 Å². The summed E-state index contributed by atoms with van der Waals surface area (Å²) in [5.41, 5.74) is 6.11. The van der Waals surface area contributed by atoms with E-state index in [-0.39, 0.29) is 45.8 Å². The third-order valence-corrected chi connectivity index (χ3v) is 11.7. The summed E-state index contributed by atoms with van der Waals surface area (Å²) < 4.78 is 94.8. The zero-order valence-corrected chi connectivity index (χ0v) is 41.8. The van der Waals surface area contributed by atoms with E-state index in [1.165, 1.54) is 24.3 Å². The number of amides is 1. The Morgan fingerprint density at radius 1 is 0.642 bits per heavy atom. The van der Waals surface area contributed by atoms with Crippen LogP contribution < -0.4 is 41.4 Å². The minimum Gasteiger partial charge on any atom is -0.503 e. The van der Waals surface area contributed by atoms with Crippen molar-refractivity contribution in [1.82, 2.24) is 0 Å². The Morgan fingerprint density at radius 2 is 1.07 bits per heavy atom. The highest BCUT2D eigenvalue weighted by Gasteiger charge is 2.52. The smallest absolute Gasteiger partial charge is 0.495 e. The third kappa shape index (κ3) is 13.6. The molecule has 0 aliphatic carbocycles. The van der Waals surface area contributed by atoms with Gasteiger partial charge in [-0.1, -0.05) is 63.7 Å². The molecule has 7 N–H and O–H groups in total. The van der Waals surface area contributed by atoms with Crippen molar-refractivity contribution >= 4 is 111 Å². The molecule has 4 aliphatic rings. The van der Waals surface area contributed by atoms with Crippen LogP contribution in [0, 0.1) is 39.2 Å². The number of phenolic OH excluding ortho intramolecular Hbond substituents is 2. The monoisotopic (exact) mass is 1190 g/mol. The summed E-state index contributed by atoms with van der Waals surface area (Å²) >= 11 is 12.2. The number of nitrogen functional groups attached to an aromatic ring is 1. The first-order chi connectivity index (χ1) is 31.4. The minimum absolute atomic E-state index is 0.0341. The number of aromatic hydroxyl groups is 2. The van der Waals surface area contributed by atoms with Gasteiger partial charge in [0, 0.05) is 37.0 Å². The van der Waals surface area contributed by atoms with Crippen LogP contribution in [0.1, 0.15) is 27.7 Å². The summed E-state index contributed by atoms with van der Waals surface area (Å²) in [4.78, 5) is 20.2. The SMILES string of the molecule is CC1(C)OB(c2cc(F)c3c(c2)NCCO3)OC1(C)C.Fc1cc(Br)cc2c1OCCN2.Nc1cc(Br)cc(F)c1O.O=C1COc2c(F)cc(Br)cc2N1.O=[N+]([O-])c1cc(Br)cc(F)c1O. The standard InChI is InChI=1S/C14H19BFNO3.C8H5BrFNO2.C8H7BrFNO.C6H3BrFNO3.C6H5BrFNO/c1-13(2)14(3,4)20-15(19-13)9-7-10(16)12-11(8-9)17-5-6-18-12;9-4-1-5(10)8-6(2-4)11-7(12)3-13-8;9-5-3-6(10)8-7(4-5)11-1-2-12-8;7-3-1-4(8)6(10)5(2-3)9(11)12;7-3-1-4(8)6(10)5(9)2-3/h7-8,17H,5-6H2,1-4H3;1-2H,3H2,(H,11,12);3-4,11H,1-2H2;1-2,10H;1-2,10H,9H2. The van der Waals surface area contributed by atoms with Gasteiger partial charge in [-0.25, -0.2) is 22.0 Å². The molecule has 9 rings (SSSR count). The average molecular weight is 1200 g/mol. The van der Waals surface area contributed by atoms with Crippen LogP contribution in [0.15, 0.2) is 78.6 Å². The maximum atomic E-state index is 14.1. The molecule has 67 heavy (non-hydrogen) atoms. The van der Waals surface area contributed by atoms with Gasteiger partial charge >= 0.3 is 12.8 Å². The quantitative estimate of drug-likeness (QED) is 0.0243. The topological polar surface area (TPSA) is 209 Å². The first kappa shape index (κ1) is 52.9. The van der Waals surface area contributed by atoms with Crippen molar-refractivity contribution in [3.63, 3.8) is 0 Å². The van der Waals surface area contributed by atoms with Gasteiger partial charge in [-0.2, -0.15) is 0 Å². The Morgan fingerprint density at radius 3 is 1.60 bits per heavy atom. The number of nitro benzene ring substituents is 1. The first-order valence-corrected chi connectivity index (χ1v) is 22.6. The van der Waals surface area contributed by atoms with Crippen molar-refractivity contribution in [1.29, 1.82) is 0 Å². The van der Waals surface area contributed by atoms with Gasteiger partial charge in [0.1, 0.15) is 13.2 Å². The van der Waals surface area contributed by atoms with E-state index < -0.39 is 57.9 Å². The molecule has 0 atom stereocenters.